The van der Waals surface area contributed by atoms with Crippen molar-refractivity contribution in [3.8, 4) is 27.6 Å². The second-order valence-electron chi connectivity index (χ2n) is 7.84. The van der Waals surface area contributed by atoms with Gasteiger partial charge in [0.1, 0.15) is 16.8 Å². The molecule has 0 N–H and O–H groups in total. The highest BCUT2D eigenvalue weighted by Gasteiger charge is 2.34. The molecule has 1 atom stereocenters. The fraction of sp³-hybridized carbons (Fsp3) is 0.292. The van der Waals surface area contributed by atoms with E-state index in [1.54, 1.807) is 18.3 Å². The van der Waals surface area contributed by atoms with Gasteiger partial charge in [-0.25, -0.2) is 9.78 Å². The lowest BCUT2D eigenvalue weighted by atomic mass is 10.1. The van der Waals surface area contributed by atoms with Crippen LogP contribution in [0.2, 0.25) is 0 Å². The summed E-state index contributed by atoms with van der Waals surface area (Å²) in [6.45, 7) is 5.82. The summed E-state index contributed by atoms with van der Waals surface area (Å²) in [5.41, 5.74) is 3.26. The van der Waals surface area contributed by atoms with Crippen molar-refractivity contribution in [3.63, 3.8) is 0 Å². The fourth-order valence-corrected chi connectivity index (χ4v) is 4.18. The number of carbonyl (C=O) groups is 2. The molecule has 0 spiro atoms. The zero-order valence-electron chi connectivity index (χ0n) is 17.7. The van der Waals surface area contributed by atoms with Crippen LogP contribution in [0.5, 0.6) is 5.75 Å². The van der Waals surface area contributed by atoms with Crippen LogP contribution in [0.1, 0.15) is 20.8 Å². The standard InChI is InChI=1S/C24H24N2O4S/c1-15(2)12-30-24(28)16(3)26-20-11-18(9-10-21(20)29-13-22(26)27)19-14-31-23(25-19)17-7-5-4-6-8-17/h4-11,14-16H,12-13H2,1-3H3. The molecule has 0 fully saturated rings. The maximum atomic E-state index is 12.7. The molecule has 1 aliphatic rings. The Balaban J connectivity index is 1.64. The van der Waals surface area contributed by atoms with Gasteiger partial charge in [-0.2, -0.15) is 0 Å². The van der Waals surface area contributed by atoms with Gasteiger partial charge in [-0.15, -0.1) is 11.3 Å². The Kier molecular flexibility index (Phi) is 6.04. The molecule has 1 unspecified atom stereocenters. The minimum atomic E-state index is -0.750. The van der Waals surface area contributed by atoms with Crippen LogP contribution in [-0.4, -0.2) is 36.1 Å². The van der Waals surface area contributed by atoms with Gasteiger partial charge < -0.3 is 9.47 Å². The molecule has 1 amide bonds. The Hall–Kier alpha value is -3.19. The molecule has 6 nitrogen and oxygen atoms in total. The van der Waals surface area contributed by atoms with Crippen molar-refractivity contribution in [1.82, 2.24) is 4.98 Å². The number of anilines is 1. The van der Waals surface area contributed by atoms with Gasteiger partial charge in [-0.3, -0.25) is 9.69 Å². The van der Waals surface area contributed by atoms with Crippen LogP contribution in [0, 0.1) is 5.92 Å². The maximum absolute atomic E-state index is 12.7. The molecule has 31 heavy (non-hydrogen) atoms. The minimum Gasteiger partial charge on any atom is -0.482 e. The maximum Gasteiger partial charge on any atom is 0.328 e. The smallest absolute Gasteiger partial charge is 0.328 e. The van der Waals surface area contributed by atoms with E-state index in [1.165, 1.54) is 4.90 Å². The fourth-order valence-electron chi connectivity index (χ4n) is 3.35. The van der Waals surface area contributed by atoms with Crippen LogP contribution in [0.15, 0.2) is 53.9 Å². The summed E-state index contributed by atoms with van der Waals surface area (Å²) in [5.74, 6) is 0.0755. The van der Waals surface area contributed by atoms with Crippen molar-refractivity contribution < 1.29 is 19.1 Å². The number of hydrogen-bond acceptors (Lipinski definition) is 6. The monoisotopic (exact) mass is 436 g/mol. The number of esters is 1. The van der Waals surface area contributed by atoms with Crippen LogP contribution in [0.3, 0.4) is 0 Å². The molecule has 160 valence electrons. The molecule has 0 radical (unpaired) electrons. The Labute approximate surface area is 185 Å². The summed E-state index contributed by atoms with van der Waals surface area (Å²) < 4.78 is 11.0. The topological polar surface area (TPSA) is 68.7 Å². The zero-order chi connectivity index (χ0) is 22.0. The second-order valence-corrected chi connectivity index (χ2v) is 8.70. The number of carbonyl (C=O) groups excluding carboxylic acids is 2. The average molecular weight is 437 g/mol. The normalized spacial score (nSPS) is 14.2. The third kappa shape index (κ3) is 4.46. The van der Waals surface area contributed by atoms with Gasteiger partial charge in [0.25, 0.3) is 5.91 Å². The SMILES string of the molecule is CC(C)COC(=O)C(C)N1C(=O)COc2ccc(-c3csc(-c4ccccc4)n3)cc21. The number of nitrogens with zero attached hydrogens (tertiary/aromatic N) is 2. The van der Waals surface area contributed by atoms with E-state index in [0.29, 0.717) is 18.0 Å². The summed E-state index contributed by atoms with van der Waals surface area (Å²) in [7, 11) is 0. The number of hydrogen-bond donors (Lipinski definition) is 0. The number of benzene rings is 2. The van der Waals surface area contributed by atoms with Gasteiger partial charge in [-0.1, -0.05) is 44.2 Å². The quantitative estimate of drug-likeness (QED) is 0.520. The predicted molar refractivity (Wildman–Crippen MR) is 121 cm³/mol. The van der Waals surface area contributed by atoms with Crippen molar-refractivity contribution in [1.29, 1.82) is 0 Å². The molecular formula is C24H24N2O4S. The number of thiazole rings is 1. The lowest BCUT2D eigenvalue weighted by Gasteiger charge is -2.33. The third-order valence-electron chi connectivity index (χ3n) is 4.95. The molecule has 2 heterocycles. The molecular weight excluding hydrogens is 412 g/mol. The molecule has 0 bridgehead atoms. The largest absolute Gasteiger partial charge is 0.482 e. The highest BCUT2D eigenvalue weighted by molar-refractivity contribution is 7.13. The van der Waals surface area contributed by atoms with Crippen LogP contribution in [0.4, 0.5) is 5.69 Å². The Bertz CT molecular complexity index is 1090. The lowest BCUT2D eigenvalue weighted by molar-refractivity contribution is -0.147. The first kappa shape index (κ1) is 21.1. The number of rotatable bonds is 6. The van der Waals surface area contributed by atoms with E-state index in [-0.39, 0.29) is 18.4 Å². The molecule has 4 rings (SSSR count). The Morgan fingerprint density at radius 3 is 2.68 bits per heavy atom. The molecule has 0 saturated carbocycles. The number of amides is 1. The second kappa shape index (κ2) is 8.89. The molecule has 0 saturated heterocycles. The molecule has 2 aromatic carbocycles. The highest BCUT2D eigenvalue weighted by atomic mass is 32.1. The van der Waals surface area contributed by atoms with E-state index in [1.807, 2.05) is 67.8 Å². The van der Waals surface area contributed by atoms with E-state index in [0.717, 1.165) is 21.8 Å². The van der Waals surface area contributed by atoms with E-state index in [2.05, 4.69) is 0 Å². The van der Waals surface area contributed by atoms with Gasteiger partial charge in [0.05, 0.1) is 18.0 Å². The van der Waals surface area contributed by atoms with E-state index < -0.39 is 12.0 Å². The zero-order valence-corrected chi connectivity index (χ0v) is 18.5. The van der Waals surface area contributed by atoms with Gasteiger partial charge in [-0.05, 0) is 31.0 Å². The van der Waals surface area contributed by atoms with Crippen LogP contribution in [-0.2, 0) is 14.3 Å². The highest BCUT2D eigenvalue weighted by Crippen LogP contribution is 2.38. The Morgan fingerprint density at radius 1 is 1.16 bits per heavy atom. The number of ether oxygens (including phenoxy) is 2. The van der Waals surface area contributed by atoms with Gasteiger partial charge in [0.2, 0.25) is 0 Å². The Morgan fingerprint density at radius 2 is 1.94 bits per heavy atom. The van der Waals surface area contributed by atoms with Crippen LogP contribution in [0.25, 0.3) is 21.8 Å². The van der Waals surface area contributed by atoms with E-state index in [4.69, 9.17) is 14.5 Å². The van der Waals surface area contributed by atoms with Crippen molar-refractivity contribution in [2.75, 3.05) is 18.1 Å². The summed E-state index contributed by atoms with van der Waals surface area (Å²) >= 11 is 1.56. The first-order chi connectivity index (χ1) is 14.9. The summed E-state index contributed by atoms with van der Waals surface area (Å²) in [4.78, 5) is 31.4. The van der Waals surface area contributed by atoms with Crippen molar-refractivity contribution in [2.24, 2.45) is 5.92 Å². The van der Waals surface area contributed by atoms with Crippen LogP contribution >= 0.6 is 11.3 Å². The van der Waals surface area contributed by atoms with Crippen LogP contribution < -0.4 is 9.64 Å². The average Bonchev–Trinajstić information content (AvgIpc) is 3.27. The molecule has 7 heteroatoms. The first-order valence-electron chi connectivity index (χ1n) is 10.2. The van der Waals surface area contributed by atoms with Crippen molar-refractivity contribution in [3.05, 3.63) is 53.9 Å². The van der Waals surface area contributed by atoms with Gasteiger partial charge in [0.15, 0.2) is 6.61 Å². The predicted octanol–water partition coefficient (Wildman–Crippen LogP) is 4.79. The van der Waals surface area contributed by atoms with Crippen molar-refractivity contribution in [2.45, 2.75) is 26.8 Å². The van der Waals surface area contributed by atoms with E-state index in [9.17, 15) is 9.59 Å². The van der Waals surface area contributed by atoms with Gasteiger partial charge in [0, 0.05) is 16.5 Å². The summed E-state index contributed by atoms with van der Waals surface area (Å²) in [6, 6.07) is 14.8. The van der Waals surface area contributed by atoms with Crippen molar-refractivity contribution >= 4 is 28.9 Å². The number of fused-ring (bicyclic) bond motifs is 1. The lowest BCUT2D eigenvalue weighted by Crippen LogP contribution is -2.48. The van der Waals surface area contributed by atoms with Gasteiger partial charge >= 0.3 is 5.97 Å². The summed E-state index contributed by atoms with van der Waals surface area (Å²) in [6.07, 6.45) is 0. The molecule has 1 aromatic heterocycles. The third-order valence-corrected chi connectivity index (χ3v) is 5.84. The van der Waals surface area contributed by atoms with E-state index >= 15 is 0 Å². The molecule has 3 aromatic rings. The molecule has 1 aliphatic heterocycles. The molecule has 0 aliphatic carbocycles. The first-order valence-corrected chi connectivity index (χ1v) is 11.1. The number of aromatic nitrogens is 1. The minimum absolute atomic E-state index is 0.108. The summed E-state index contributed by atoms with van der Waals surface area (Å²) in [5, 5.41) is 2.91.